The number of nitrogens with zero attached hydrogens (tertiary/aromatic N) is 4. The Bertz CT molecular complexity index is 1380. The maximum Gasteiger partial charge on any atom is 0.261 e. The van der Waals surface area contributed by atoms with Gasteiger partial charge in [0.05, 0.1) is 22.4 Å². The van der Waals surface area contributed by atoms with Gasteiger partial charge < -0.3 is 5.32 Å². The van der Waals surface area contributed by atoms with Gasteiger partial charge in [0.25, 0.3) is 11.8 Å². The molecule has 3 amide bonds. The number of nitrogens with one attached hydrogen (secondary N) is 1. The zero-order valence-electron chi connectivity index (χ0n) is 18.0. The highest BCUT2D eigenvalue weighted by atomic mass is 32.1. The minimum absolute atomic E-state index is 0.159. The molecule has 2 aromatic carbocycles. The Morgan fingerprint density at radius 3 is 2.38 bits per heavy atom. The monoisotopic (exact) mass is 477 g/mol. The number of hydrogen-bond acceptors (Lipinski definition) is 6. The molecule has 0 unspecified atom stereocenters. The molecule has 0 fully saturated rings. The zero-order valence-corrected chi connectivity index (χ0v) is 18.8. The topological polar surface area (TPSA) is 96.7 Å². The number of benzene rings is 2. The lowest BCUT2D eigenvalue weighted by Gasteiger charge is -2.13. The summed E-state index contributed by atoms with van der Waals surface area (Å²) in [6.07, 6.45) is 1.12. The smallest absolute Gasteiger partial charge is 0.261 e. The number of carbonyl (C=O) groups excluding carboxylic acids is 3. The first-order valence-corrected chi connectivity index (χ1v) is 11.7. The number of carbonyl (C=O) groups is 3. The lowest BCUT2D eigenvalue weighted by Crippen LogP contribution is -2.32. The molecule has 2 aromatic heterocycles. The van der Waals surface area contributed by atoms with Crippen LogP contribution in [0.25, 0.3) is 16.3 Å². The van der Waals surface area contributed by atoms with Crippen LogP contribution in [-0.2, 0) is 11.2 Å². The Kier molecular flexibility index (Phi) is 5.89. The van der Waals surface area contributed by atoms with E-state index in [9.17, 15) is 18.8 Å². The molecule has 4 aromatic rings. The summed E-state index contributed by atoms with van der Waals surface area (Å²) in [5, 5.41) is 9.19. The standard InChI is InChI=1S/C24H20FN5O3S/c25-19-9-4-3-8-18(19)21-27-24-30(28-21)15(14-34-24)11-12-26-20(31)10-5-13-29-22(32)16-6-1-2-7-17(16)23(29)33/h1-4,6-9,14H,5,10-13H2,(H,26,31). The maximum atomic E-state index is 14.0. The number of thiazole rings is 1. The van der Waals surface area contributed by atoms with Crippen molar-refractivity contribution in [2.24, 2.45) is 0 Å². The predicted octanol–water partition coefficient (Wildman–Crippen LogP) is 3.33. The molecule has 8 nitrogen and oxygen atoms in total. The van der Waals surface area contributed by atoms with E-state index in [1.807, 2.05) is 5.38 Å². The van der Waals surface area contributed by atoms with E-state index in [0.717, 1.165) is 5.69 Å². The van der Waals surface area contributed by atoms with Gasteiger partial charge in [0.15, 0.2) is 5.82 Å². The fourth-order valence-electron chi connectivity index (χ4n) is 3.91. The zero-order chi connectivity index (χ0) is 23.7. The van der Waals surface area contributed by atoms with E-state index < -0.39 is 0 Å². The average molecular weight is 478 g/mol. The largest absolute Gasteiger partial charge is 0.356 e. The van der Waals surface area contributed by atoms with Crippen LogP contribution in [0.1, 0.15) is 39.3 Å². The van der Waals surface area contributed by atoms with Gasteiger partial charge in [-0.05, 0) is 30.7 Å². The van der Waals surface area contributed by atoms with Crippen LogP contribution in [0.2, 0.25) is 0 Å². The number of halogens is 1. The lowest BCUT2D eigenvalue weighted by atomic mass is 10.1. The third-order valence-electron chi connectivity index (χ3n) is 5.63. The SMILES string of the molecule is O=C(CCCN1C(=O)c2ccccc2C1=O)NCCc1csc2nc(-c3ccccc3F)nn12. The second-order valence-electron chi connectivity index (χ2n) is 7.85. The summed E-state index contributed by atoms with van der Waals surface area (Å²) >= 11 is 1.40. The summed E-state index contributed by atoms with van der Waals surface area (Å²) < 4.78 is 15.7. The summed E-state index contributed by atoms with van der Waals surface area (Å²) in [4.78, 5) is 43.2. The summed E-state index contributed by atoms with van der Waals surface area (Å²) in [5.41, 5.74) is 2.02. The molecule has 0 spiro atoms. The van der Waals surface area contributed by atoms with Crippen LogP contribution in [0.15, 0.2) is 53.9 Å². The Balaban J connectivity index is 1.11. The maximum absolute atomic E-state index is 14.0. The fraction of sp³-hybridized carbons (Fsp3) is 0.208. The molecule has 3 heterocycles. The molecule has 0 aliphatic carbocycles. The van der Waals surface area contributed by atoms with Crippen LogP contribution < -0.4 is 5.32 Å². The predicted molar refractivity (Wildman–Crippen MR) is 124 cm³/mol. The summed E-state index contributed by atoms with van der Waals surface area (Å²) in [6.45, 7) is 0.593. The second kappa shape index (κ2) is 9.14. The van der Waals surface area contributed by atoms with Crippen molar-refractivity contribution in [3.8, 4) is 11.4 Å². The number of imide groups is 1. The molecule has 0 bridgehead atoms. The first-order chi connectivity index (χ1) is 16.5. The van der Waals surface area contributed by atoms with Crippen molar-refractivity contribution >= 4 is 34.0 Å². The van der Waals surface area contributed by atoms with E-state index in [1.165, 1.54) is 22.3 Å². The van der Waals surface area contributed by atoms with Crippen molar-refractivity contribution < 1.29 is 18.8 Å². The molecule has 0 radical (unpaired) electrons. The third-order valence-corrected chi connectivity index (χ3v) is 6.50. The molecule has 0 saturated heterocycles. The number of hydrogen-bond donors (Lipinski definition) is 1. The average Bonchev–Trinajstić information content (AvgIpc) is 3.49. The van der Waals surface area contributed by atoms with Crippen molar-refractivity contribution in [1.29, 1.82) is 0 Å². The van der Waals surface area contributed by atoms with Gasteiger partial charge in [-0.1, -0.05) is 24.3 Å². The second-order valence-corrected chi connectivity index (χ2v) is 8.68. The molecule has 1 aliphatic heterocycles. The van der Waals surface area contributed by atoms with E-state index >= 15 is 0 Å². The van der Waals surface area contributed by atoms with E-state index in [1.54, 1.807) is 47.0 Å². The number of amides is 3. The van der Waals surface area contributed by atoms with Crippen molar-refractivity contribution in [3.63, 3.8) is 0 Å². The van der Waals surface area contributed by atoms with Crippen LogP contribution in [-0.4, -0.2) is 50.3 Å². The quantitative estimate of drug-likeness (QED) is 0.393. The van der Waals surface area contributed by atoms with Crippen molar-refractivity contribution in [2.75, 3.05) is 13.1 Å². The number of rotatable bonds is 8. The van der Waals surface area contributed by atoms with E-state index in [-0.39, 0.29) is 36.5 Å². The van der Waals surface area contributed by atoms with Crippen LogP contribution in [0, 0.1) is 5.82 Å². The first-order valence-electron chi connectivity index (χ1n) is 10.8. The molecule has 0 saturated carbocycles. The molecule has 0 atom stereocenters. The van der Waals surface area contributed by atoms with Crippen LogP contribution in [0.3, 0.4) is 0 Å². The number of aromatic nitrogens is 3. The van der Waals surface area contributed by atoms with E-state index in [4.69, 9.17) is 0 Å². The van der Waals surface area contributed by atoms with Gasteiger partial charge in [-0.3, -0.25) is 19.3 Å². The summed E-state index contributed by atoms with van der Waals surface area (Å²) in [5.74, 6) is -0.844. The highest BCUT2D eigenvalue weighted by Crippen LogP contribution is 2.24. The highest BCUT2D eigenvalue weighted by molar-refractivity contribution is 7.15. The summed E-state index contributed by atoms with van der Waals surface area (Å²) in [6, 6.07) is 13.1. The van der Waals surface area contributed by atoms with Gasteiger partial charge in [0, 0.05) is 31.3 Å². The van der Waals surface area contributed by atoms with E-state index in [0.29, 0.717) is 46.9 Å². The Morgan fingerprint density at radius 1 is 1.00 bits per heavy atom. The molecule has 172 valence electrons. The third kappa shape index (κ3) is 4.08. The normalized spacial score (nSPS) is 13.0. The molecule has 34 heavy (non-hydrogen) atoms. The fourth-order valence-corrected chi connectivity index (χ4v) is 4.77. The van der Waals surface area contributed by atoms with Crippen molar-refractivity contribution in [2.45, 2.75) is 19.3 Å². The molecule has 5 rings (SSSR count). The lowest BCUT2D eigenvalue weighted by molar-refractivity contribution is -0.121. The first kappa shape index (κ1) is 21.9. The minimum atomic E-state index is -0.379. The van der Waals surface area contributed by atoms with Gasteiger partial charge in [-0.2, -0.15) is 4.98 Å². The molecule has 10 heteroatoms. The molecular formula is C24H20FN5O3S. The minimum Gasteiger partial charge on any atom is -0.356 e. The molecular weight excluding hydrogens is 457 g/mol. The van der Waals surface area contributed by atoms with Gasteiger partial charge in [0.1, 0.15) is 5.82 Å². The van der Waals surface area contributed by atoms with E-state index in [2.05, 4.69) is 15.4 Å². The van der Waals surface area contributed by atoms with Crippen LogP contribution in [0.5, 0.6) is 0 Å². The van der Waals surface area contributed by atoms with Crippen LogP contribution in [0.4, 0.5) is 4.39 Å². The number of fused-ring (bicyclic) bond motifs is 2. The Hall–Kier alpha value is -3.92. The summed E-state index contributed by atoms with van der Waals surface area (Å²) in [7, 11) is 0. The van der Waals surface area contributed by atoms with Gasteiger partial charge in [-0.15, -0.1) is 16.4 Å². The van der Waals surface area contributed by atoms with Crippen molar-refractivity contribution in [1.82, 2.24) is 24.8 Å². The molecule has 1 aliphatic rings. The highest BCUT2D eigenvalue weighted by Gasteiger charge is 2.34. The van der Waals surface area contributed by atoms with Gasteiger partial charge >= 0.3 is 0 Å². The van der Waals surface area contributed by atoms with Crippen LogP contribution >= 0.6 is 11.3 Å². The van der Waals surface area contributed by atoms with Gasteiger partial charge in [0.2, 0.25) is 10.9 Å². The van der Waals surface area contributed by atoms with Crippen molar-refractivity contribution in [3.05, 3.63) is 76.5 Å². The molecule has 1 N–H and O–H groups in total. The Labute approximate surface area is 198 Å². The Morgan fingerprint density at radius 2 is 1.68 bits per heavy atom. The van der Waals surface area contributed by atoms with Gasteiger partial charge in [-0.25, -0.2) is 8.91 Å².